The largest absolute Gasteiger partial charge is 0.385 e. The molecule has 5 nitrogen and oxygen atoms in total. The molecule has 0 aromatic carbocycles. The number of rotatable bonds is 8. The molecule has 1 unspecified atom stereocenters. The number of aromatic nitrogens is 2. The second-order valence-electron chi connectivity index (χ2n) is 4.10. The standard InChI is InChI=1S/C12H21N3O2/c1-3-6-15-9-10(8-14-15)12(16)11(13)5-4-7-17-2/h8-9,11H,3-7,13H2,1-2H3. The molecular weight excluding hydrogens is 218 g/mol. The van der Waals surface area contributed by atoms with Crippen molar-refractivity contribution < 1.29 is 9.53 Å². The van der Waals surface area contributed by atoms with Crippen LogP contribution in [0.2, 0.25) is 0 Å². The first-order valence-corrected chi connectivity index (χ1v) is 6.00. The minimum atomic E-state index is -0.454. The van der Waals surface area contributed by atoms with Gasteiger partial charge in [-0.25, -0.2) is 0 Å². The highest BCUT2D eigenvalue weighted by Crippen LogP contribution is 2.06. The summed E-state index contributed by atoms with van der Waals surface area (Å²) < 4.78 is 6.70. The topological polar surface area (TPSA) is 70.1 Å². The van der Waals surface area contributed by atoms with Gasteiger partial charge in [0.1, 0.15) is 0 Å². The summed E-state index contributed by atoms with van der Waals surface area (Å²) in [6, 6.07) is -0.454. The molecule has 1 atom stereocenters. The zero-order valence-electron chi connectivity index (χ0n) is 10.6. The molecular formula is C12H21N3O2. The van der Waals surface area contributed by atoms with Crippen molar-refractivity contribution in [2.45, 2.75) is 38.8 Å². The van der Waals surface area contributed by atoms with Gasteiger partial charge >= 0.3 is 0 Å². The number of carbonyl (C=O) groups excluding carboxylic acids is 1. The maximum absolute atomic E-state index is 11.9. The molecule has 1 rings (SSSR count). The Morgan fingerprint density at radius 2 is 2.41 bits per heavy atom. The van der Waals surface area contributed by atoms with E-state index < -0.39 is 6.04 Å². The van der Waals surface area contributed by atoms with Gasteiger partial charge in [0.05, 0.1) is 17.8 Å². The van der Waals surface area contributed by atoms with Gasteiger partial charge in [-0.2, -0.15) is 5.10 Å². The average Bonchev–Trinajstić information content (AvgIpc) is 2.77. The number of carbonyl (C=O) groups is 1. The molecule has 0 bridgehead atoms. The lowest BCUT2D eigenvalue weighted by Gasteiger charge is -2.08. The van der Waals surface area contributed by atoms with Gasteiger partial charge in [-0.3, -0.25) is 9.48 Å². The van der Waals surface area contributed by atoms with E-state index in [1.165, 1.54) is 0 Å². The Kier molecular flexibility index (Phi) is 5.86. The number of hydrogen-bond donors (Lipinski definition) is 1. The van der Waals surface area contributed by atoms with E-state index in [9.17, 15) is 4.79 Å². The van der Waals surface area contributed by atoms with Gasteiger partial charge in [0.25, 0.3) is 0 Å². The molecule has 1 aromatic heterocycles. The van der Waals surface area contributed by atoms with Crippen molar-refractivity contribution in [1.82, 2.24) is 9.78 Å². The number of aryl methyl sites for hydroxylation is 1. The number of nitrogens with zero attached hydrogens (tertiary/aromatic N) is 2. The van der Waals surface area contributed by atoms with Crippen LogP contribution in [0.4, 0.5) is 0 Å². The third-order valence-electron chi connectivity index (χ3n) is 2.57. The quantitative estimate of drug-likeness (QED) is 0.547. The highest BCUT2D eigenvalue weighted by atomic mass is 16.5. The van der Waals surface area contributed by atoms with E-state index in [0.717, 1.165) is 19.4 Å². The third-order valence-corrected chi connectivity index (χ3v) is 2.57. The normalized spacial score (nSPS) is 12.6. The lowest BCUT2D eigenvalue weighted by Crippen LogP contribution is -2.30. The number of methoxy groups -OCH3 is 1. The van der Waals surface area contributed by atoms with Crippen LogP contribution in [0.15, 0.2) is 12.4 Å². The van der Waals surface area contributed by atoms with Gasteiger partial charge in [-0.05, 0) is 19.3 Å². The fourth-order valence-electron chi connectivity index (χ4n) is 1.63. The smallest absolute Gasteiger partial charge is 0.182 e. The lowest BCUT2D eigenvalue weighted by atomic mass is 10.0. The molecule has 0 amide bonds. The highest BCUT2D eigenvalue weighted by Gasteiger charge is 2.16. The SMILES string of the molecule is CCCn1cc(C(=O)C(N)CCCOC)cn1. The van der Waals surface area contributed by atoms with Crippen molar-refractivity contribution in [3.05, 3.63) is 18.0 Å². The zero-order valence-corrected chi connectivity index (χ0v) is 10.6. The van der Waals surface area contributed by atoms with Crippen molar-refractivity contribution in [1.29, 1.82) is 0 Å². The lowest BCUT2D eigenvalue weighted by molar-refractivity contribution is 0.0950. The second kappa shape index (κ2) is 7.19. The third kappa shape index (κ3) is 4.28. The number of hydrogen-bond acceptors (Lipinski definition) is 4. The Balaban J connectivity index is 2.49. The van der Waals surface area contributed by atoms with Crippen LogP contribution in [0.25, 0.3) is 0 Å². The molecule has 0 spiro atoms. The van der Waals surface area contributed by atoms with E-state index in [-0.39, 0.29) is 5.78 Å². The Bertz CT molecular complexity index is 349. The van der Waals surface area contributed by atoms with Gasteiger partial charge in [-0.15, -0.1) is 0 Å². The van der Waals surface area contributed by atoms with Gasteiger partial charge < -0.3 is 10.5 Å². The second-order valence-corrected chi connectivity index (χ2v) is 4.10. The molecule has 0 aliphatic carbocycles. The van der Waals surface area contributed by atoms with E-state index in [1.54, 1.807) is 24.2 Å². The van der Waals surface area contributed by atoms with Crippen molar-refractivity contribution >= 4 is 5.78 Å². The molecule has 1 aromatic rings. The van der Waals surface area contributed by atoms with Crippen LogP contribution < -0.4 is 5.73 Å². The molecule has 0 radical (unpaired) electrons. The summed E-state index contributed by atoms with van der Waals surface area (Å²) in [4.78, 5) is 11.9. The van der Waals surface area contributed by atoms with Gasteiger partial charge in [0.15, 0.2) is 5.78 Å². The summed E-state index contributed by atoms with van der Waals surface area (Å²) in [5.74, 6) is -0.0385. The Labute approximate surface area is 102 Å². The minimum absolute atomic E-state index is 0.0385. The highest BCUT2D eigenvalue weighted by molar-refractivity contribution is 5.99. The molecule has 0 aliphatic rings. The van der Waals surface area contributed by atoms with E-state index in [1.807, 2.05) is 0 Å². The molecule has 0 saturated carbocycles. The number of nitrogens with two attached hydrogens (primary N) is 1. The van der Waals surface area contributed by atoms with E-state index in [0.29, 0.717) is 18.6 Å². The Hall–Kier alpha value is -1.20. The average molecular weight is 239 g/mol. The Morgan fingerprint density at radius 1 is 1.65 bits per heavy atom. The predicted octanol–water partition coefficient (Wildman–Crippen LogP) is 1.23. The monoisotopic (exact) mass is 239 g/mol. The Morgan fingerprint density at radius 3 is 3.06 bits per heavy atom. The molecule has 96 valence electrons. The molecule has 0 saturated heterocycles. The van der Waals surface area contributed by atoms with Crippen LogP contribution in [-0.4, -0.2) is 35.3 Å². The van der Waals surface area contributed by atoms with Gasteiger partial charge in [-0.1, -0.05) is 6.92 Å². The van der Waals surface area contributed by atoms with Crippen molar-refractivity contribution in [3.8, 4) is 0 Å². The van der Waals surface area contributed by atoms with Crippen molar-refractivity contribution in [3.63, 3.8) is 0 Å². The van der Waals surface area contributed by atoms with Crippen LogP contribution in [0.1, 0.15) is 36.5 Å². The fourth-order valence-corrected chi connectivity index (χ4v) is 1.63. The maximum atomic E-state index is 11.9. The molecule has 0 fully saturated rings. The number of ether oxygens (including phenoxy) is 1. The van der Waals surface area contributed by atoms with Gasteiger partial charge in [0, 0.05) is 26.5 Å². The van der Waals surface area contributed by atoms with Crippen LogP contribution in [-0.2, 0) is 11.3 Å². The fraction of sp³-hybridized carbons (Fsp3) is 0.667. The van der Waals surface area contributed by atoms with E-state index in [2.05, 4.69) is 12.0 Å². The van der Waals surface area contributed by atoms with E-state index >= 15 is 0 Å². The summed E-state index contributed by atoms with van der Waals surface area (Å²) in [7, 11) is 1.64. The number of ketones is 1. The molecule has 2 N–H and O–H groups in total. The summed E-state index contributed by atoms with van der Waals surface area (Å²) in [5.41, 5.74) is 6.43. The summed E-state index contributed by atoms with van der Waals surface area (Å²) >= 11 is 0. The van der Waals surface area contributed by atoms with Crippen molar-refractivity contribution in [2.24, 2.45) is 5.73 Å². The summed E-state index contributed by atoms with van der Waals surface area (Å²) in [6.07, 6.45) is 5.80. The van der Waals surface area contributed by atoms with Crippen LogP contribution >= 0.6 is 0 Å². The first kappa shape index (κ1) is 13.9. The first-order valence-electron chi connectivity index (χ1n) is 6.00. The molecule has 5 heteroatoms. The molecule has 17 heavy (non-hydrogen) atoms. The summed E-state index contributed by atoms with van der Waals surface area (Å²) in [6.45, 7) is 3.53. The van der Waals surface area contributed by atoms with Crippen LogP contribution in [0, 0.1) is 0 Å². The minimum Gasteiger partial charge on any atom is -0.385 e. The van der Waals surface area contributed by atoms with Crippen LogP contribution in [0.3, 0.4) is 0 Å². The predicted molar refractivity (Wildman–Crippen MR) is 65.9 cm³/mol. The summed E-state index contributed by atoms with van der Waals surface area (Å²) in [5, 5.41) is 4.12. The van der Waals surface area contributed by atoms with Crippen LogP contribution in [0.5, 0.6) is 0 Å². The number of Topliss-reactive ketones (excluding diaryl/α,β-unsaturated/α-hetero) is 1. The van der Waals surface area contributed by atoms with Crippen molar-refractivity contribution in [2.75, 3.05) is 13.7 Å². The maximum Gasteiger partial charge on any atom is 0.182 e. The molecule has 0 aliphatic heterocycles. The van der Waals surface area contributed by atoms with Gasteiger partial charge in [0.2, 0.25) is 0 Å². The molecule has 1 heterocycles. The zero-order chi connectivity index (χ0) is 12.7. The first-order chi connectivity index (χ1) is 8.19. The van der Waals surface area contributed by atoms with E-state index in [4.69, 9.17) is 10.5 Å².